The minimum atomic E-state index is -3.82. The molecule has 27 heavy (non-hydrogen) atoms. The predicted octanol–water partition coefficient (Wildman–Crippen LogP) is 2.13. The maximum absolute atomic E-state index is 12.6. The molecule has 0 atom stereocenters. The second-order valence-corrected chi connectivity index (χ2v) is 10.0. The van der Waals surface area contributed by atoms with Crippen LogP contribution < -0.4 is 4.72 Å². The van der Waals surface area contributed by atoms with E-state index in [0.29, 0.717) is 18.9 Å². The van der Waals surface area contributed by atoms with Crippen molar-refractivity contribution in [2.75, 3.05) is 31.0 Å². The van der Waals surface area contributed by atoms with Crippen LogP contribution in [0.5, 0.6) is 0 Å². The third kappa shape index (κ3) is 4.32. The first kappa shape index (κ1) is 19.8. The largest absolute Gasteiger partial charge is 0.379 e. The number of anilines is 1. The number of hydrogen-bond donors (Lipinski definition) is 1. The van der Waals surface area contributed by atoms with E-state index < -0.39 is 20.0 Å². The van der Waals surface area contributed by atoms with Gasteiger partial charge in [-0.15, -0.1) is 0 Å². The van der Waals surface area contributed by atoms with Crippen LogP contribution in [0.2, 0.25) is 0 Å². The Labute approximate surface area is 160 Å². The van der Waals surface area contributed by atoms with E-state index in [9.17, 15) is 16.8 Å². The van der Waals surface area contributed by atoms with Gasteiger partial charge in [-0.1, -0.05) is 12.1 Å². The number of rotatable bonds is 5. The van der Waals surface area contributed by atoms with Crippen LogP contribution in [0.1, 0.15) is 11.1 Å². The van der Waals surface area contributed by atoms with Gasteiger partial charge in [0, 0.05) is 13.1 Å². The van der Waals surface area contributed by atoms with Gasteiger partial charge < -0.3 is 4.74 Å². The molecule has 0 unspecified atom stereocenters. The van der Waals surface area contributed by atoms with Crippen LogP contribution in [0.4, 0.5) is 5.69 Å². The van der Waals surface area contributed by atoms with Gasteiger partial charge in [0.1, 0.15) is 0 Å². The number of nitrogens with zero attached hydrogens (tertiary/aromatic N) is 1. The standard InChI is InChI=1S/C18H22N2O5S2/c1-14-3-4-15(2)18(13-14)19-26(21,22)16-5-7-17(8-6-16)27(23,24)20-9-11-25-12-10-20/h3-8,13,19H,9-12H2,1-2H3. The number of sulfonamides is 2. The molecule has 0 spiro atoms. The molecular weight excluding hydrogens is 388 g/mol. The molecule has 3 rings (SSSR count). The van der Waals surface area contributed by atoms with Gasteiger partial charge in [-0.2, -0.15) is 4.31 Å². The van der Waals surface area contributed by atoms with Crippen molar-refractivity contribution in [1.82, 2.24) is 4.31 Å². The number of aryl methyl sites for hydroxylation is 2. The lowest BCUT2D eigenvalue weighted by atomic mass is 10.1. The summed E-state index contributed by atoms with van der Waals surface area (Å²) >= 11 is 0. The van der Waals surface area contributed by atoms with Crippen LogP contribution in [0.3, 0.4) is 0 Å². The van der Waals surface area contributed by atoms with Crippen molar-refractivity contribution in [3.63, 3.8) is 0 Å². The average molecular weight is 411 g/mol. The van der Waals surface area contributed by atoms with E-state index in [1.54, 1.807) is 6.07 Å². The van der Waals surface area contributed by atoms with E-state index in [4.69, 9.17) is 4.74 Å². The Morgan fingerprint density at radius 2 is 1.48 bits per heavy atom. The highest BCUT2D eigenvalue weighted by molar-refractivity contribution is 7.92. The number of hydrogen-bond acceptors (Lipinski definition) is 5. The first-order valence-corrected chi connectivity index (χ1v) is 11.4. The molecule has 0 aliphatic carbocycles. The van der Waals surface area contributed by atoms with E-state index >= 15 is 0 Å². The molecule has 0 radical (unpaired) electrons. The Morgan fingerprint density at radius 3 is 2.11 bits per heavy atom. The fourth-order valence-corrected chi connectivity index (χ4v) is 5.31. The van der Waals surface area contributed by atoms with Gasteiger partial charge in [0.15, 0.2) is 0 Å². The minimum absolute atomic E-state index is 0.00401. The Hall–Kier alpha value is -1.94. The highest BCUT2D eigenvalue weighted by Gasteiger charge is 2.26. The summed E-state index contributed by atoms with van der Waals surface area (Å²) < 4.78 is 59.6. The van der Waals surface area contributed by atoms with Crippen LogP contribution in [0.25, 0.3) is 0 Å². The second kappa shape index (κ2) is 7.59. The van der Waals surface area contributed by atoms with Gasteiger partial charge in [0.25, 0.3) is 10.0 Å². The smallest absolute Gasteiger partial charge is 0.261 e. The number of benzene rings is 2. The predicted molar refractivity (Wildman–Crippen MR) is 103 cm³/mol. The first-order valence-electron chi connectivity index (χ1n) is 8.48. The summed E-state index contributed by atoms with van der Waals surface area (Å²) in [6, 6.07) is 10.8. The van der Waals surface area contributed by atoms with Crippen molar-refractivity contribution in [1.29, 1.82) is 0 Å². The van der Waals surface area contributed by atoms with E-state index in [1.165, 1.54) is 28.6 Å². The number of ether oxygens (including phenoxy) is 1. The molecule has 146 valence electrons. The molecule has 2 aromatic carbocycles. The van der Waals surface area contributed by atoms with Crippen molar-refractivity contribution < 1.29 is 21.6 Å². The van der Waals surface area contributed by atoms with Gasteiger partial charge in [0.05, 0.1) is 28.7 Å². The van der Waals surface area contributed by atoms with Gasteiger partial charge in [-0.3, -0.25) is 4.72 Å². The van der Waals surface area contributed by atoms with E-state index in [2.05, 4.69) is 4.72 Å². The summed E-state index contributed by atoms with van der Waals surface area (Å²) in [5.41, 5.74) is 2.24. The molecule has 9 heteroatoms. The fourth-order valence-electron chi connectivity index (χ4n) is 2.78. The highest BCUT2D eigenvalue weighted by Crippen LogP contribution is 2.23. The molecule has 1 aliphatic heterocycles. The minimum Gasteiger partial charge on any atom is -0.379 e. The Bertz CT molecular complexity index is 1030. The molecule has 2 aromatic rings. The van der Waals surface area contributed by atoms with Crippen LogP contribution >= 0.6 is 0 Å². The van der Waals surface area contributed by atoms with E-state index in [0.717, 1.165) is 11.1 Å². The summed E-state index contributed by atoms with van der Waals surface area (Å²) in [5.74, 6) is 0. The average Bonchev–Trinajstić information content (AvgIpc) is 2.65. The molecule has 0 amide bonds. The quantitative estimate of drug-likeness (QED) is 0.815. The Balaban J connectivity index is 1.84. The monoisotopic (exact) mass is 410 g/mol. The summed E-state index contributed by atoms with van der Waals surface area (Å²) in [4.78, 5) is 0.0689. The van der Waals surface area contributed by atoms with Crippen LogP contribution in [0, 0.1) is 13.8 Å². The normalized spacial score (nSPS) is 16.2. The summed E-state index contributed by atoms with van der Waals surface area (Å²) in [6.45, 7) is 4.97. The van der Waals surface area contributed by atoms with E-state index in [-0.39, 0.29) is 22.9 Å². The zero-order valence-electron chi connectivity index (χ0n) is 15.2. The third-order valence-electron chi connectivity index (χ3n) is 4.38. The van der Waals surface area contributed by atoms with Crippen molar-refractivity contribution in [2.24, 2.45) is 0 Å². The van der Waals surface area contributed by atoms with Crippen LogP contribution in [-0.4, -0.2) is 47.4 Å². The number of nitrogens with one attached hydrogen (secondary N) is 1. The van der Waals surface area contributed by atoms with Gasteiger partial charge in [0.2, 0.25) is 10.0 Å². The molecule has 1 aliphatic rings. The molecule has 1 N–H and O–H groups in total. The molecular formula is C18H22N2O5S2. The molecule has 1 saturated heterocycles. The summed E-state index contributed by atoms with van der Waals surface area (Å²) in [5, 5.41) is 0. The van der Waals surface area contributed by atoms with Crippen molar-refractivity contribution in [3.8, 4) is 0 Å². The van der Waals surface area contributed by atoms with Gasteiger partial charge in [-0.25, -0.2) is 16.8 Å². The van der Waals surface area contributed by atoms with Gasteiger partial charge in [-0.05, 0) is 55.3 Å². The molecule has 0 aromatic heterocycles. The van der Waals surface area contributed by atoms with Crippen molar-refractivity contribution >= 4 is 25.7 Å². The van der Waals surface area contributed by atoms with Gasteiger partial charge >= 0.3 is 0 Å². The maximum atomic E-state index is 12.6. The SMILES string of the molecule is Cc1ccc(C)c(NS(=O)(=O)c2ccc(S(=O)(=O)N3CCOCC3)cc2)c1. The highest BCUT2D eigenvalue weighted by atomic mass is 32.2. The molecule has 7 nitrogen and oxygen atoms in total. The Morgan fingerprint density at radius 1 is 0.889 bits per heavy atom. The summed E-state index contributed by atoms with van der Waals surface area (Å²) in [6.07, 6.45) is 0. The molecule has 1 heterocycles. The number of morpholine rings is 1. The lowest BCUT2D eigenvalue weighted by Gasteiger charge is -2.26. The third-order valence-corrected chi connectivity index (χ3v) is 7.67. The molecule has 0 bridgehead atoms. The van der Waals surface area contributed by atoms with Crippen LogP contribution in [0.15, 0.2) is 52.3 Å². The Kier molecular flexibility index (Phi) is 5.57. The lowest BCUT2D eigenvalue weighted by Crippen LogP contribution is -2.40. The first-order chi connectivity index (χ1) is 12.7. The molecule has 1 fully saturated rings. The zero-order chi connectivity index (χ0) is 19.7. The van der Waals surface area contributed by atoms with Crippen molar-refractivity contribution in [2.45, 2.75) is 23.6 Å². The lowest BCUT2D eigenvalue weighted by molar-refractivity contribution is 0.0730. The van der Waals surface area contributed by atoms with E-state index in [1.807, 2.05) is 26.0 Å². The molecule has 0 saturated carbocycles. The second-order valence-electron chi connectivity index (χ2n) is 6.41. The fraction of sp³-hybridized carbons (Fsp3) is 0.333. The summed E-state index contributed by atoms with van der Waals surface area (Å²) in [7, 11) is -7.48. The zero-order valence-corrected chi connectivity index (χ0v) is 16.8. The topological polar surface area (TPSA) is 92.8 Å². The maximum Gasteiger partial charge on any atom is 0.261 e. The van der Waals surface area contributed by atoms with Crippen LogP contribution in [-0.2, 0) is 24.8 Å². The van der Waals surface area contributed by atoms with Crippen molar-refractivity contribution in [3.05, 3.63) is 53.6 Å².